The Hall–Kier alpha value is -3.15. The highest BCUT2D eigenvalue weighted by molar-refractivity contribution is 6.12. The van der Waals surface area contributed by atoms with Crippen LogP contribution in [0.5, 0.6) is 0 Å². The average molecular weight is 438 g/mol. The molecule has 2 amide bonds. The zero-order valence-corrected chi connectivity index (χ0v) is 19.8. The lowest BCUT2D eigenvalue weighted by Gasteiger charge is -2.19. The number of amides is 2. The van der Waals surface area contributed by atoms with Gasteiger partial charge in [-0.1, -0.05) is 50.6 Å². The van der Waals surface area contributed by atoms with Gasteiger partial charge < -0.3 is 15.5 Å². The lowest BCUT2D eigenvalue weighted by molar-refractivity contribution is -0.119. The quantitative estimate of drug-likeness (QED) is 0.183. The smallest absolute Gasteiger partial charge is 0.254 e. The van der Waals surface area contributed by atoms with E-state index in [1.54, 1.807) is 6.20 Å². The molecule has 172 valence electrons. The first kappa shape index (κ1) is 25.1. The number of benzene rings is 1. The van der Waals surface area contributed by atoms with Gasteiger partial charge in [-0.15, -0.1) is 0 Å². The molecule has 1 aliphatic rings. The molecule has 1 aromatic rings. The monoisotopic (exact) mass is 437 g/mol. The van der Waals surface area contributed by atoms with E-state index in [2.05, 4.69) is 55.7 Å². The summed E-state index contributed by atoms with van der Waals surface area (Å²) in [5, 5.41) is 5.36. The fraction of sp³-hybridized carbons (Fsp3) is 0.423. The van der Waals surface area contributed by atoms with Gasteiger partial charge in [-0.25, -0.2) is 0 Å². The Morgan fingerprint density at radius 3 is 2.53 bits per heavy atom. The molecule has 2 N–H and O–H groups in total. The molecule has 0 bridgehead atoms. The maximum Gasteiger partial charge on any atom is 0.254 e. The Bertz CT molecular complexity index is 926. The van der Waals surface area contributed by atoms with Crippen LogP contribution in [0.2, 0.25) is 0 Å². The summed E-state index contributed by atoms with van der Waals surface area (Å²) >= 11 is 0. The molecule has 32 heavy (non-hydrogen) atoms. The van der Waals surface area contributed by atoms with E-state index in [1.165, 1.54) is 24.3 Å². The number of rotatable bonds is 11. The van der Waals surface area contributed by atoms with Crippen molar-refractivity contribution in [3.05, 3.63) is 64.4 Å². The lowest BCUT2D eigenvalue weighted by Crippen LogP contribution is -2.29. The molecule has 1 aliphatic carbocycles. The van der Waals surface area contributed by atoms with Crippen molar-refractivity contribution in [2.24, 2.45) is 5.92 Å². The first-order valence-electron chi connectivity index (χ1n) is 11.2. The van der Waals surface area contributed by atoms with E-state index in [4.69, 9.17) is 0 Å². The summed E-state index contributed by atoms with van der Waals surface area (Å²) in [6.45, 7) is 7.02. The number of nitrogens with one attached hydrogen (secondary N) is 2. The molecule has 1 atom stereocenters. The van der Waals surface area contributed by atoms with Gasteiger partial charge in [0.05, 0.1) is 11.1 Å². The van der Waals surface area contributed by atoms with Crippen molar-refractivity contribution in [2.75, 3.05) is 14.1 Å². The Morgan fingerprint density at radius 2 is 1.94 bits per heavy atom. The normalized spacial score (nSPS) is 15.4. The fourth-order valence-electron chi connectivity index (χ4n) is 3.19. The van der Waals surface area contributed by atoms with Gasteiger partial charge in [0.1, 0.15) is 0 Å². The van der Waals surface area contributed by atoms with E-state index in [0.29, 0.717) is 18.7 Å². The minimum atomic E-state index is -0.524. The summed E-state index contributed by atoms with van der Waals surface area (Å²) in [6.07, 6.45) is 10.9. The van der Waals surface area contributed by atoms with Crippen LogP contribution in [-0.4, -0.2) is 43.1 Å². The molecule has 0 radical (unpaired) electrons. The lowest BCUT2D eigenvalue weighted by atomic mass is 9.99. The van der Waals surface area contributed by atoms with Crippen LogP contribution in [0.1, 0.15) is 49.8 Å². The van der Waals surface area contributed by atoms with Gasteiger partial charge in [0.2, 0.25) is 0 Å². The Morgan fingerprint density at radius 1 is 1.22 bits per heavy atom. The van der Waals surface area contributed by atoms with E-state index >= 15 is 0 Å². The van der Waals surface area contributed by atoms with Crippen LogP contribution in [0.4, 0.5) is 0 Å². The van der Waals surface area contributed by atoms with Gasteiger partial charge in [-0.3, -0.25) is 14.4 Å². The van der Waals surface area contributed by atoms with E-state index < -0.39 is 5.91 Å². The number of likely N-dealkylation sites (N-methyl/N-ethyl adjacent to an activating group) is 1. The minimum absolute atomic E-state index is 0.0918. The Kier molecular flexibility index (Phi) is 9.44. The molecule has 1 aromatic carbocycles. The summed E-state index contributed by atoms with van der Waals surface area (Å²) < 4.78 is 0. The number of aldehydes is 1. The molecule has 6 nitrogen and oxygen atoms in total. The molecular weight excluding hydrogens is 402 g/mol. The highest BCUT2D eigenvalue weighted by Gasteiger charge is 2.25. The Balaban J connectivity index is 2.33. The Labute approximate surface area is 191 Å². The number of hydrogen-bond acceptors (Lipinski definition) is 4. The number of carbonyl (C=O) groups excluding carboxylic acids is 3. The van der Waals surface area contributed by atoms with Crippen LogP contribution in [-0.2, 0) is 20.9 Å². The van der Waals surface area contributed by atoms with Gasteiger partial charge in [0.15, 0.2) is 6.29 Å². The third-order valence-electron chi connectivity index (χ3n) is 5.53. The number of aryl methyl sites for hydroxylation is 1. The molecule has 0 saturated heterocycles. The van der Waals surface area contributed by atoms with Crippen molar-refractivity contribution >= 4 is 24.2 Å². The molecule has 1 saturated carbocycles. The summed E-state index contributed by atoms with van der Waals surface area (Å²) in [5.41, 5.74) is 3.68. The van der Waals surface area contributed by atoms with E-state index in [0.717, 1.165) is 24.8 Å². The maximum absolute atomic E-state index is 12.8. The summed E-state index contributed by atoms with van der Waals surface area (Å²) in [7, 11) is 3.33. The number of hydrogen-bond donors (Lipinski definition) is 2. The predicted molar refractivity (Wildman–Crippen MR) is 129 cm³/mol. The molecule has 1 unspecified atom stereocenters. The van der Waals surface area contributed by atoms with Crippen LogP contribution >= 0.6 is 0 Å². The van der Waals surface area contributed by atoms with Crippen LogP contribution in [0.15, 0.2) is 47.7 Å². The highest BCUT2D eigenvalue weighted by atomic mass is 16.2. The standard InChI is InChI=1S/C26H35N3O3/c1-6-18(2)10-13-24-19(3)8-7-9-20(24)15-29(5)16-21(26(32)28-23-11-12-23)14-22(17-30)25(31)27-4/h7-10,13-14,16-18,23H,6,11-12,15H2,1-5H3,(H,27,31)(H,28,32)/b13-10-,21-16+,22-14+. The topological polar surface area (TPSA) is 78.5 Å². The maximum atomic E-state index is 12.8. The van der Waals surface area contributed by atoms with Gasteiger partial charge in [0.25, 0.3) is 11.8 Å². The minimum Gasteiger partial charge on any atom is -0.375 e. The fourth-order valence-corrected chi connectivity index (χ4v) is 3.19. The summed E-state index contributed by atoms with van der Waals surface area (Å²) in [6, 6.07) is 6.36. The largest absolute Gasteiger partial charge is 0.375 e. The first-order valence-corrected chi connectivity index (χ1v) is 11.2. The van der Waals surface area contributed by atoms with Gasteiger partial charge in [0, 0.05) is 32.9 Å². The molecule has 2 rings (SSSR count). The number of carbonyl (C=O) groups is 3. The molecule has 0 aliphatic heterocycles. The van der Waals surface area contributed by atoms with Crippen LogP contribution in [0.3, 0.4) is 0 Å². The molecule has 0 heterocycles. The van der Waals surface area contributed by atoms with Crippen molar-refractivity contribution < 1.29 is 14.4 Å². The van der Waals surface area contributed by atoms with E-state index in [1.807, 2.05) is 18.0 Å². The van der Waals surface area contributed by atoms with Gasteiger partial charge in [-0.2, -0.15) is 0 Å². The molecular formula is C26H35N3O3. The van der Waals surface area contributed by atoms with Crippen molar-refractivity contribution in [1.29, 1.82) is 0 Å². The van der Waals surface area contributed by atoms with Crippen molar-refractivity contribution in [3.63, 3.8) is 0 Å². The second-order valence-electron chi connectivity index (χ2n) is 8.44. The molecule has 0 aromatic heterocycles. The van der Waals surface area contributed by atoms with Crippen LogP contribution in [0, 0.1) is 12.8 Å². The SMILES string of the molecule is CCC(C)/C=C\c1c(C)cccc1CN(C)/C=C(\C=C(/C=O)C(=O)NC)C(=O)NC1CC1. The third-order valence-corrected chi connectivity index (χ3v) is 5.53. The van der Waals surface area contributed by atoms with Crippen LogP contribution < -0.4 is 10.6 Å². The average Bonchev–Trinajstić information content (AvgIpc) is 3.59. The second kappa shape index (κ2) is 12.0. The van der Waals surface area contributed by atoms with Crippen LogP contribution in [0.25, 0.3) is 6.08 Å². The third kappa shape index (κ3) is 7.52. The zero-order valence-electron chi connectivity index (χ0n) is 19.8. The molecule has 1 fully saturated rings. The van der Waals surface area contributed by atoms with Gasteiger partial charge in [-0.05, 0) is 48.4 Å². The first-order chi connectivity index (χ1) is 15.3. The van der Waals surface area contributed by atoms with Crippen molar-refractivity contribution in [3.8, 4) is 0 Å². The van der Waals surface area contributed by atoms with Crippen molar-refractivity contribution in [2.45, 2.75) is 52.6 Å². The number of nitrogens with zero attached hydrogens (tertiary/aromatic N) is 1. The second-order valence-corrected chi connectivity index (χ2v) is 8.44. The van der Waals surface area contributed by atoms with E-state index in [-0.39, 0.29) is 23.1 Å². The highest BCUT2D eigenvalue weighted by Crippen LogP contribution is 2.21. The zero-order chi connectivity index (χ0) is 23.7. The van der Waals surface area contributed by atoms with Crippen molar-refractivity contribution in [1.82, 2.24) is 15.5 Å². The summed E-state index contributed by atoms with van der Waals surface area (Å²) in [4.78, 5) is 38.0. The number of allylic oxidation sites excluding steroid dienone is 1. The predicted octanol–water partition coefficient (Wildman–Crippen LogP) is 3.52. The van der Waals surface area contributed by atoms with E-state index in [9.17, 15) is 14.4 Å². The molecule has 0 spiro atoms. The molecule has 6 heteroatoms. The summed E-state index contributed by atoms with van der Waals surface area (Å²) in [5.74, 6) is -0.318. The van der Waals surface area contributed by atoms with Gasteiger partial charge >= 0.3 is 0 Å².